The van der Waals surface area contributed by atoms with Crippen molar-refractivity contribution in [3.05, 3.63) is 92.6 Å². The van der Waals surface area contributed by atoms with Gasteiger partial charge in [-0.1, -0.05) is 30.2 Å². The van der Waals surface area contributed by atoms with E-state index in [-0.39, 0.29) is 41.5 Å². The number of carbonyl (C=O) groups is 5. The molecule has 0 bridgehead atoms. The molecule has 45 heavy (non-hydrogen) atoms. The van der Waals surface area contributed by atoms with Gasteiger partial charge < -0.3 is 25.2 Å². The van der Waals surface area contributed by atoms with Gasteiger partial charge in [0.15, 0.2) is 23.1 Å². The molecule has 0 fully saturated rings. The lowest BCUT2D eigenvalue weighted by atomic mass is 9.76. The standard InChI is InChI=1S/C35H34O10/c1-6-28(41)45-27(12-8-17(4)5)21-15-26(40)30-25(39)14-20(34(43)32(30)35(21)44)18(9-7-16(2)3)19-13-24(38)29-22(36)10-11-23(37)31(29)33(19)42/h7-8,10-11,13-15,18,27,36-37,39,43H,6,9,12H2,1-5H3/t18-,27-/m1/s1. The van der Waals surface area contributed by atoms with Gasteiger partial charge in [0.2, 0.25) is 0 Å². The number of carbonyl (C=O) groups excluding carboxylic acids is 5. The minimum atomic E-state index is -1.16. The summed E-state index contributed by atoms with van der Waals surface area (Å²) in [6, 6.07) is 3.23. The first-order valence-electron chi connectivity index (χ1n) is 14.4. The highest BCUT2D eigenvalue weighted by Crippen LogP contribution is 2.47. The first-order chi connectivity index (χ1) is 21.2. The lowest BCUT2D eigenvalue weighted by molar-refractivity contribution is -0.146. The molecule has 0 spiro atoms. The first kappa shape index (κ1) is 32.7. The molecule has 0 heterocycles. The van der Waals surface area contributed by atoms with Crippen LogP contribution < -0.4 is 0 Å². The molecule has 2 atom stereocenters. The Morgan fingerprint density at radius 3 is 1.82 bits per heavy atom. The minimum absolute atomic E-state index is 0.00995. The number of rotatable bonds is 9. The fourth-order valence-electron chi connectivity index (χ4n) is 5.42. The zero-order valence-electron chi connectivity index (χ0n) is 25.6. The fourth-order valence-corrected chi connectivity index (χ4v) is 5.42. The van der Waals surface area contributed by atoms with E-state index in [1.807, 2.05) is 13.8 Å². The second-order valence-electron chi connectivity index (χ2n) is 11.4. The van der Waals surface area contributed by atoms with Crippen molar-refractivity contribution < 1.29 is 49.1 Å². The summed E-state index contributed by atoms with van der Waals surface area (Å²) in [6.45, 7) is 8.76. The van der Waals surface area contributed by atoms with Crippen LogP contribution in [0.3, 0.4) is 0 Å². The molecule has 0 amide bonds. The Hall–Kier alpha value is -5.25. The second kappa shape index (κ2) is 12.8. The van der Waals surface area contributed by atoms with Gasteiger partial charge in [0.1, 0.15) is 29.1 Å². The molecule has 10 heteroatoms. The van der Waals surface area contributed by atoms with Crippen molar-refractivity contribution in [1.29, 1.82) is 0 Å². The summed E-state index contributed by atoms with van der Waals surface area (Å²) in [6.07, 6.45) is 4.35. The number of ketones is 4. The maximum Gasteiger partial charge on any atom is 0.306 e. The third kappa shape index (κ3) is 6.22. The molecule has 0 saturated carbocycles. The van der Waals surface area contributed by atoms with Crippen molar-refractivity contribution in [1.82, 2.24) is 0 Å². The van der Waals surface area contributed by atoms with Gasteiger partial charge in [0, 0.05) is 35.5 Å². The first-order valence-corrected chi connectivity index (χ1v) is 14.4. The predicted molar refractivity (Wildman–Crippen MR) is 164 cm³/mol. The van der Waals surface area contributed by atoms with Gasteiger partial charge in [-0.05, 0) is 64.5 Å². The van der Waals surface area contributed by atoms with E-state index < -0.39 is 80.8 Å². The molecular formula is C35H34O10. The van der Waals surface area contributed by atoms with E-state index in [1.165, 1.54) is 0 Å². The van der Waals surface area contributed by atoms with Crippen LogP contribution in [0.4, 0.5) is 0 Å². The molecule has 2 aromatic carbocycles. The van der Waals surface area contributed by atoms with Gasteiger partial charge in [0.05, 0.1) is 22.3 Å². The van der Waals surface area contributed by atoms with Gasteiger partial charge in [-0.3, -0.25) is 24.0 Å². The minimum Gasteiger partial charge on any atom is -0.507 e. The summed E-state index contributed by atoms with van der Waals surface area (Å²) in [4.78, 5) is 66.4. The highest BCUT2D eigenvalue weighted by molar-refractivity contribution is 6.28. The smallest absolute Gasteiger partial charge is 0.306 e. The summed E-state index contributed by atoms with van der Waals surface area (Å²) in [5, 5.41) is 43.4. The largest absolute Gasteiger partial charge is 0.507 e. The summed E-state index contributed by atoms with van der Waals surface area (Å²) in [5.41, 5.74) is -0.598. The molecule has 10 nitrogen and oxygen atoms in total. The number of Topliss-reactive ketones (excluding diaryl/α,β-unsaturated/α-hetero) is 2. The van der Waals surface area contributed by atoms with Crippen LogP contribution in [0.5, 0.6) is 23.0 Å². The van der Waals surface area contributed by atoms with E-state index in [1.54, 1.807) is 32.9 Å². The number of aromatic hydroxyl groups is 4. The Kier molecular flexibility index (Phi) is 9.27. The second-order valence-corrected chi connectivity index (χ2v) is 11.4. The van der Waals surface area contributed by atoms with E-state index in [0.717, 1.165) is 41.5 Å². The molecule has 4 N–H and O–H groups in total. The Morgan fingerprint density at radius 1 is 0.733 bits per heavy atom. The monoisotopic (exact) mass is 614 g/mol. The number of phenols is 4. The average molecular weight is 615 g/mol. The van der Waals surface area contributed by atoms with E-state index in [0.29, 0.717) is 0 Å². The van der Waals surface area contributed by atoms with Crippen molar-refractivity contribution in [2.75, 3.05) is 0 Å². The molecule has 0 aliphatic heterocycles. The van der Waals surface area contributed by atoms with E-state index in [2.05, 4.69) is 0 Å². The van der Waals surface area contributed by atoms with Crippen LogP contribution in [-0.4, -0.2) is 55.6 Å². The lowest BCUT2D eigenvalue weighted by Gasteiger charge is -2.28. The third-order valence-corrected chi connectivity index (χ3v) is 7.68. The van der Waals surface area contributed by atoms with Gasteiger partial charge >= 0.3 is 5.97 Å². The SMILES string of the molecule is CCC(=O)O[C@H](CC=C(C)C)C1=CC(=O)c2c(O)cc([C@H](CC=C(C)C)C3=CC(=O)c4c(O)ccc(O)c4C3=O)c(O)c2C1=O. The Balaban J connectivity index is 1.91. The quantitative estimate of drug-likeness (QED) is 0.150. The van der Waals surface area contributed by atoms with Crippen molar-refractivity contribution in [2.24, 2.45) is 0 Å². The third-order valence-electron chi connectivity index (χ3n) is 7.68. The number of hydrogen-bond acceptors (Lipinski definition) is 10. The van der Waals surface area contributed by atoms with Gasteiger partial charge in [0.25, 0.3) is 0 Å². The molecular weight excluding hydrogens is 580 g/mol. The van der Waals surface area contributed by atoms with Crippen LogP contribution in [-0.2, 0) is 9.53 Å². The van der Waals surface area contributed by atoms with Gasteiger partial charge in [-0.15, -0.1) is 0 Å². The van der Waals surface area contributed by atoms with Crippen LogP contribution >= 0.6 is 0 Å². The molecule has 0 saturated heterocycles. The van der Waals surface area contributed by atoms with E-state index in [9.17, 15) is 44.4 Å². The fraction of sp³-hybridized carbons (Fsp3) is 0.286. The highest BCUT2D eigenvalue weighted by Gasteiger charge is 2.40. The zero-order valence-corrected chi connectivity index (χ0v) is 25.6. The summed E-state index contributed by atoms with van der Waals surface area (Å²) >= 11 is 0. The number of ether oxygens (including phenoxy) is 1. The molecule has 2 aliphatic carbocycles. The van der Waals surface area contributed by atoms with Crippen molar-refractivity contribution in [3.63, 3.8) is 0 Å². The lowest BCUT2D eigenvalue weighted by Crippen LogP contribution is -2.29. The number of esters is 1. The zero-order chi connectivity index (χ0) is 33.3. The van der Waals surface area contributed by atoms with Crippen molar-refractivity contribution in [2.45, 2.75) is 65.9 Å². The number of benzene rings is 2. The number of hydrogen-bond donors (Lipinski definition) is 4. The van der Waals surface area contributed by atoms with Gasteiger partial charge in [-0.2, -0.15) is 0 Å². The van der Waals surface area contributed by atoms with Gasteiger partial charge in [-0.25, -0.2) is 0 Å². The molecule has 0 aromatic heterocycles. The van der Waals surface area contributed by atoms with Crippen molar-refractivity contribution >= 4 is 29.1 Å². The number of allylic oxidation sites excluding steroid dienone is 6. The summed E-state index contributed by atoms with van der Waals surface area (Å²) < 4.78 is 5.50. The highest BCUT2D eigenvalue weighted by atomic mass is 16.5. The number of fused-ring (bicyclic) bond motifs is 2. The molecule has 234 valence electrons. The van der Waals surface area contributed by atoms with E-state index in [4.69, 9.17) is 4.74 Å². The summed E-state index contributed by atoms with van der Waals surface area (Å²) in [7, 11) is 0. The average Bonchev–Trinajstić information content (AvgIpc) is 2.97. The van der Waals surface area contributed by atoms with Crippen LogP contribution in [0.15, 0.2) is 64.8 Å². The maximum atomic E-state index is 14.0. The molecule has 4 rings (SSSR count). The molecule has 2 aromatic rings. The van der Waals surface area contributed by atoms with Crippen LogP contribution in [0, 0.1) is 0 Å². The normalized spacial score (nSPS) is 15.3. The van der Waals surface area contributed by atoms with Crippen molar-refractivity contribution in [3.8, 4) is 23.0 Å². The Labute approximate surface area is 259 Å². The predicted octanol–water partition coefficient (Wildman–Crippen LogP) is 5.94. The van der Waals surface area contributed by atoms with Crippen LogP contribution in [0.1, 0.15) is 107 Å². The molecule has 0 unspecified atom stereocenters. The topological polar surface area (TPSA) is 176 Å². The Bertz CT molecular complexity index is 1780. The molecule has 0 radical (unpaired) electrons. The summed E-state index contributed by atoms with van der Waals surface area (Å²) in [5.74, 6) is -7.36. The number of phenolic OH excluding ortho intramolecular Hbond substituents is 4. The maximum absolute atomic E-state index is 14.0. The van der Waals surface area contributed by atoms with Crippen LogP contribution in [0.25, 0.3) is 0 Å². The van der Waals surface area contributed by atoms with Crippen LogP contribution in [0.2, 0.25) is 0 Å². The van der Waals surface area contributed by atoms with E-state index >= 15 is 0 Å². The Morgan fingerprint density at radius 2 is 1.24 bits per heavy atom. The molecule has 2 aliphatic rings.